The van der Waals surface area contributed by atoms with E-state index >= 15 is 0 Å². The third-order valence-corrected chi connectivity index (χ3v) is 4.66. The lowest BCUT2D eigenvalue weighted by Crippen LogP contribution is -2.08. The molecule has 0 unspecified atom stereocenters. The quantitative estimate of drug-likeness (QED) is 0.405. The van der Waals surface area contributed by atoms with E-state index in [1.54, 1.807) is 36.8 Å². The average molecular weight is 425 g/mol. The van der Waals surface area contributed by atoms with Gasteiger partial charge in [0.1, 0.15) is 5.82 Å². The molecule has 7 heteroatoms. The number of carbonyl (C=O) groups excluding carboxylic acids is 1. The van der Waals surface area contributed by atoms with Crippen molar-refractivity contribution in [1.82, 2.24) is 15.0 Å². The van der Waals surface area contributed by atoms with Gasteiger partial charge in [0.05, 0.1) is 5.69 Å². The number of hydrogen-bond donors (Lipinski definition) is 2. The Hall–Kier alpha value is -4.39. The highest BCUT2D eigenvalue weighted by atomic mass is 19.1. The Morgan fingerprint density at radius 3 is 2.66 bits per heavy atom. The zero-order chi connectivity index (χ0) is 22.3. The fraction of sp³-hybridized carbons (Fsp3) is 0.0400. The Labute approximate surface area is 184 Å². The van der Waals surface area contributed by atoms with Gasteiger partial charge >= 0.3 is 0 Å². The van der Waals surface area contributed by atoms with Crippen LogP contribution in [0.15, 0.2) is 85.3 Å². The first kappa shape index (κ1) is 20.9. The summed E-state index contributed by atoms with van der Waals surface area (Å²) in [7, 11) is 0. The number of benzene rings is 2. The molecule has 32 heavy (non-hydrogen) atoms. The zero-order valence-electron chi connectivity index (χ0n) is 17.3. The van der Waals surface area contributed by atoms with Crippen LogP contribution in [0.3, 0.4) is 0 Å². The normalized spacial score (nSPS) is 10.8. The zero-order valence-corrected chi connectivity index (χ0v) is 17.3. The van der Waals surface area contributed by atoms with E-state index in [4.69, 9.17) is 0 Å². The van der Waals surface area contributed by atoms with E-state index < -0.39 is 0 Å². The van der Waals surface area contributed by atoms with Gasteiger partial charge in [-0.15, -0.1) is 0 Å². The first-order valence-electron chi connectivity index (χ1n) is 9.92. The number of halogens is 1. The largest absolute Gasteiger partial charge is 0.324 e. The summed E-state index contributed by atoms with van der Waals surface area (Å²) in [5.74, 6) is -0.172. The molecule has 6 nitrogen and oxygen atoms in total. The second kappa shape index (κ2) is 9.61. The van der Waals surface area contributed by atoms with Crippen molar-refractivity contribution in [3.63, 3.8) is 0 Å². The molecule has 0 spiro atoms. The maximum Gasteiger partial charge on any atom is 0.248 e. The van der Waals surface area contributed by atoms with Gasteiger partial charge in [0.2, 0.25) is 11.9 Å². The molecular weight excluding hydrogens is 405 g/mol. The van der Waals surface area contributed by atoms with Crippen molar-refractivity contribution in [3.05, 3.63) is 102 Å². The summed E-state index contributed by atoms with van der Waals surface area (Å²) in [4.78, 5) is 25.3. The predicted molar refractivity (Wildman–Crippen MR) is 124 cm³/mol. The lowest BCUT2D eigenvalue weighted by atomic mass is 10.1. The highest BCUT2D eigenvalue weighted by molar-refractivity contribution is 6.02. The number of amides is 1. The Bertz CT molecular complexity index is 1260. The molecule has 158 valence electrons. The Balaban J connectivity index is 1.47. The van der Waals surface area contributed by atoms with E-state index in [1.807, 2.05) is 43.3 Å². The van der Waals surface area contributed by atoms with Gasteiger partial charge in [-0.05, 0) is 66.6 Å². The molecule has 4 aromatic rings. The lowest BCUT2D eigenvalue weighted by Gasteiger charge is -2.11. The molecule has 0 aliphatic rings. The predicted octanol–water partition coefficient (Wildman–Crippen LogP) is 5.38. The fourth-order valence-corrected chi connectivity index (χ4v) is 2.98. The van der Waals surface area contributed by atoms with E-state index in [1.165, 1.54) is 18.2 Å². The van der Waals surface area contributed by atoms with Crippen LogP contribution in [0.2, 0.25) is 0 Å². The molecule has 0 saturated heterocycles. The van der Waals surface area contributed by atoms with Gasteiger partial charge in [0.25, 0.3) is 0 Å². The molecule has 2 N–H and O–H groups in total. The highest BCUT2D eigenvalue weighted by Crippen LogP contribution is 2.24. The third kappa shape index (κ3) is 5.40. The average Bonchev–Trinajstić information content (AvgIpc) is 2.82. The number of nitrogens with one attached hydrogen (secondary N) is 2. The summed E-state index contributed by atoms with van der Waals surface area (Å²) >= 11 is 0. The van der Waals surface area contributed by atoms with Gasteiger partial charge in [0, 0.05) is 41.6 Å². The van der Waals surface area contributed by atoms with Crippen LogP contribution < -0.4 is 10.6 Å². The molecule has 2 heterocycles. The van der Waals surface area contributed by atoms with Gasteiger partial charge < -0.3 is 10.6 Å². The molecule has 0 aliphatic carbocycles. The van der Waals surface area contributed by atoms with Crippen LogP contribution in [0, 0.1) is 12.7 Å². The van der Waals surface area contributed by atoms with Crippen molar-refractivity contribution in [2.75, 3.05) is 10.6 Å². The Morgan fingerprint density at radius 1 is 1.03 bits per heavy atom. The molecule has 0 bridgehead atoms. The third-order valence-electron chi connectivity index (χ3n) is 4.66. The fourth-order valence-electron chi connectivity index (χ4n) is 2.98. The van der Waals surface area contributed by atoms with Crippen LogP contribution in [-0.4, -0.2) is 20.9 Å². The summed E-state index contributed by atoms with van der Waals surface area (Å²) < 4.78 is 13.0. The summed E-state index contributed by atoms with van der Waals surface area (Å²) in [5.41, 5.74) is 4.75. The maximum atomic E-state index is 13.0. The first-order chi connectivity index (χ1) is 15.6. The van der Waals surface area contributed by atoms with Gasteiger partial charge in [-0.3, -0.25) is 9.78 Å². The smallest absolute Gasteiger partial charge is 0.248 e. The number of hydrogen-bond acceptors (Lipinski definition) is 5. The molecule has 2 aromatic carbocycles. The minimum atomic E-state index is -0.318. The molecular formula is C25H20FN5O. The van der Waals surface area contributed by atoms with E-state index in [-0.39, 0.29) is 11.7 Å². The van der Waals surface area contributed by atoms with Gasteiger partial charge in [0.15, 0.2) is 0 Å². The standard InChI is InChI=1S/C25H20FN5O/c1-17-4-10-21(29-24(32)11-7-18-5-8-20(26)9-6-18)15-23(17)31-25-28-14-12-22(30-25)19-3-2-13-27-16-19/h2-16H,1H3,(H,29,32)(H,28,30,31)/b11-7+. The maximum absolute atomic E-state index is 13.0. The number of pyridine rings is 1. The van der Waals surface area contributed by atoms with Gasteiger partial charge in [-0.2, -0.15) is 0 Å². The number of carbonyl (C=O) groups is 1. The van der Waals surface area contributed by atoms with Crippen molar-refractivity contribution in [2.24, 2.45) is 0 Å². The van der Waals surface area contributed by atoms with E-state index in [0.717, 1.165) is 28.1 Å². The molecule has 0 fully saturated rings. The molecule has 0 radical (unpaired) electrons. The summed E-state index contributed by atoms with van der Waals surface area (Å²) in [6.45, 7) is 1.95. The molecule has 4 rings (SSSR count). The van der Waals surface area contributed by atoms with Crippen LogP contribution in [0.5, 0.6) is 0 Å². The topological polar surface area (TPSA) is 79.8 Å². The molecule has 0 atom stereocenters. The minimum Gasteiger partial charge on any atom is -0.324 e. The molecule has 1 amide bonds. The van der Waals surface area contributed by atoms with Crippen molar-refractivity contribution < 1.29 is 9.18 Å². The van der Waals surface area contributed by atoms with Gasteiger partial charge in [-0.25, -0.2) is 14.4 Å². The summed E-state index contributed by atoms with van der Waals surface area (Å²) in [6.07, 6.45) is 8.16. The van der Waals surface area contributed by atoms with E-state index in [9.17, 15) is 9.18 Å². The van der Waals surface area contributed by atoms with Crippen LogP contribution in [0.25, 0.3) is 17.3 Å². The molecule has 2 aromatic heterocycles. The van der Waals surface area contributed by atoms with E-state index in [2.05, 4.69) is 25.6 Å². The number of aryl methyl sites for hydroxylation is 1. The second-order valence-electron chi connectivity index (χ2n) is 7.04. The molecule has 0 aliphatic heterocycles. The Kier molecular flexibility index (Phi) is 6.27. The van der Waals surface area contributed by atoms with Crippen molar-refractivity contribution in [3.8, 4) is 11.3 Å². The van der Waals surface area contributed by atoms with Crippen molar-refractivity contribution in [2.45, 2.75) is 6.92 Å². The minimum absolute atomic E-state index is 0.293. The summed E-state index contributed by atoms with van der Waals surface area (Å²) in [5, 5.41) is 6.04. The van der Waals surface area contributed by atoms with Gasteiger partial charge in [-0.1, -0.05) is 18.2 Å². The van der Waals surface area contributed by atoms with Crippen LogP contribution in [0.4, 0.5) is 21.7 Å². The SMILES string of the molecule is Cc1ccc(NC(=O)/C=C/c2ccc(F)cc2)cc1Nc1nccc(-c2cccnc2)n1. The summed E-state index contributed by atoms with van der Waals surface area (Å²) in [6, 6.07) is 17.0. The Morgan fingerprint density at radius 2 is 1.88 bits per heavy atom. The number of rotatable bonds is 6. The lowest BCUT2D eigenvalue weighted by molar-refractivity contribution is -0.111. The van der Waals surface area contributed by atoms with Crippen LogP contribution in [0.1, 0.15) is 11.1 Å². The monoisotopic (exact) mass is 425 g/mol. The van der Waals surface area contributed by atoms with E-state index in [0.29, 0.717) is 11.6 Å². The van der Waals surface area contributed by atoms with Crippen LogP contribution >= 0.6 is 0 Å². The van der Waals surface area contributed by atoms with Crippen LogP contribution in [-0.2, 0) is 4.79 Å². The second-order valence-corrected chi connectivity index (χ2v) is 7.04. The molecule has 0 saturated carbocycles. The van der Waals surface area contributed by atoms with Crippen molar-refractivity contribution >= 4 is 29.3 Å². The highest BCUT2D eigenvalue weighted by Gasteiger charge is 2.07. The number of aromatic nitrogens is 3. The first-order valence-corrected chi connectivity index (χ1v) is 9.92. The van der Waals surface area contributed by atoms with Crippen molar-refractivity contribution in [1.29, 1.82) is 0 Å². The number of nitrogens with zero attached hydrogens (tertiary/aromatic N) is 3. The number of anilines is 3.